The number of hydrogen-bond acceptors (Lipinski definition) is 0. The van der Waals surface area contributed by atoms with Crippen LogP contribution in [0.1, 0.15) is 13.3 Å². The Kier molecular flexibility index (Phi) is 1.18. The molecule has 36 valence electrons. The molecule has 1 fully saturated rings. The third-order valence-electron chi connectivity index (χ3n) is 1.47. The van der Waals surface area contributed by atoms with Gasteiger partial charge in [-0.3, -0.25) is 0 Å². The average molecular weight is 149 g/mol. The molecule has 0 N–H and O–H groups in total. The van der Waals surface area contributed by atoms with E-state index in [0.29, 0.717) is 0 Å². The molecule has 0 bridgehead atoms. The van der Waals surface area contributed by atoms with Crippen molar-refractivity contribution < 1.29 is 0 Å². The molecule has 6 heavy (non-hydrogen) atoms. The van der Waals surface area contributed by atoms with Crippen LogP contribution in [0.25, 0.3) is 0 Å². The fourth-order valence-corrected chi connectivity index (χ4v) is 1.52. The molecule has 1 aliphatic carbocycles. The van der Waals surface area contributed by atoms with Gasteiger partial charge in [-0.1, -0.05) is 22.9 Å². The number of hydrogen-bond donors (Lipinski definition) is 0. The number of halogens is 1. The molecule has 0 aromatic rings. The third-order valence-corrected chi connectivity index (χ3v) is 2.31. The van der Waals surface area contributed by atoms with Crippen molar-refractivity contribution in [3.05, 3.63) is 0 Å². The largest absolute Gasteiger partial charge is 0.0925 e. The summed E-state index contributed by atoms with van der Waals surface area (Å²) in [5.74, 6) is 2.04. The molecule has 1 rings (SSSR count). The van der Waals surface area contributed by atoms with Crippen molar-refractivity contribution in [2.24, 2.45) is 11.8 Å². The highest BCUT2D eigenvalue weighted by molar-refractivity contribution is 9.09. The van der Waals surface area contributed by atoms with Gasteiger partial charge in [0.05, 0.1) is 0 Å². The van der Waals surface area contributed by atoms with Crippen LogP contribution in [0.4, 0.5) is 0 Å². The molecule has 2 unspecified atom stereocenters. The Balaban J connectivity index is 2.09. The number of alkyl halides is 1. The van der Waals surface area contributed by atoms with Crippen molar-refractivity contribution in [1.29, 1.82) is 0 Å². The predicted octanol–water partition coefficient (Wildman–Crippen LogP) is 2.04. The van der Waals surface area contributed by atoms with Crippen LogP contribution in [0.5, 0.6) is 0 Å². The number of rotatable bonds is 1. The third kappa shape index (κ3) is 0.754. The first kappa shape index (κ1) is 4.63. The van der Waals surface area contributed by atoms with E-state index in [1.807, 2.05) is 0 Å². The van der Waals surface area contributed by atoms with E-state index >= 15 is 0 Å². The zero-order chi connectivity index (χ0) is 4.57. The van der Waals surface area contributed by atoms with E-state index < -0.39 is 0 Å². The maximum Gasteiger partial charge on any atom is 0.00623 e. The maximum atomic E-state index is 3.42. The van der Waals surface area contributed by atoms with E-state index in [1.54, 1.807) is 0 Å². The Labute approximate surface area is 47.1 Å². The lowest BCUT2D eigenvalue weighted by atomic mass is 10.4. The minimum Gasteiger partial charge on any atom is -0.0925 e. The van der Waals surface area contributed by atoms with Crippen LogP contribution < -0.4 is 0 Å². The molecular weight excluding hydrogens is 140 g/mol. The summed E-state index contributed by atoms with van der Waals surface area (Å²) in [4.78, 5) is 0. The van der Waals surface area contributed by atoms with Gasteiger partial charge in [-0.25, -0.2) is 0 Å². The first-order valence-corrected chi connectivity index (χ1v) is 3.52. The summed E-state index contributed by atoms with van der Waals surface area (Å²) in [5, 5.41) is 1.22. The van der Waals surface area contributed by atoms with Gasteiger partial charge in [0.15, 0.2) is 0 Å². The van der Waals surface area contributed by atoms with Crippen molar-refractivity contribution >= 4 is 15.9 Å². The average Bonchev–Trinajstić information content (AvgIpc) is 2.19. The lowest BCUT2D eigenvalue weighted by molar-refractivity contribution is 0.850. The molecule has 0 saturated heterocycles. The first-order chi connectivity index (χ1) is 2.84. The van der Waals surface area contributed by atoms with Crippen LogP contribution in [-0.2, 0) is 0 Å². The summed E-state index contributed by atoms with van der Waals surface area (Å²) < 4.78 is 0. The summed E-state index contributed by atoms with van der Waals surface area (Å²) in [6.45, 7) is 2.30. The van der Waals surface area contributed by atoms with Gasteiger partial charge in [0.1, 0.15) is 0 Å². The standard InChI is InChI=1S/C5H9Br/c1-4-2-5(4)3-6/h4-5H,2-3H2,1H3. The molecule has 0 aromatic heterocycles. The van der Waals surface area contributed by atoms with Crippen LogP contribution in [0.3, 0.4) is 0 Å². The Morgan fingerprint density at radius 1 is 1.83 bits per heavy atom. The van der Waals surface area contributed by atoms with E-state index in [4.69, 9.17) is 0 Å². The van der Waals surface area contributed by atoms with E-state index in [-0.39, 0.29) is 0 Å². The van der Waals surface area contributed by atoms with Crippen molar-refractivity contribution in [3.8, 4) is 0 Å². The van der Waals surface area contributed by atoms with E-state index in [9.17, 15) is 0 Å². The molecule has 1 saturated carbocycles. The molecule has 0 spiro atoms. The summed E-state index contributed by atoms with van der Waals surface area (Å²) in [5.41, 5.74) is 0. The topological polar surface area (TPSA) is 0 Å². The summed E-state index contributed by atoms with van der Waals surface area (Å²) in [7, 11) is 0. The van der Waals surface area contributed by atoms with Crippen molar-refractivity contribution in [1.82, 2.24) is 0 Å². The zero-order valence-electron chi connectivity index (χ0n) is 3.95. The summed E-state index contributed by atoms with van der Waals surface area (Å²) in [6.07, 6.45) is 1.45. The van der Waals surface area contributed by atoms with Gasteiger partial charge in [-0.05, 0) is 18.3 Å². The second-order valence-electron chi connectivity index (χ2n) is 2.13. The van der Waals surface area contributed by atoms with Crippen molar-refractivity contribution in [3.63, 3.8) is 0 Å². The monoisotopic (exact) mass is 148 g/mol. The highest BCUT2D eigenvalue weighted by Crippen LogP contribution is 2.38. The van der Waals surface area contributed by atoms with Crippen molar-refractivity contribution in [2.75, 3.05) is 5.33 Å². The highest BCUT2D eigenvalue weighted by atomic mass is 79.9. The van der Waals surface area contributed by atoms with Crippen LogP contribution in [0, 0.1) is 11.8 Å². The van der Waals surface area contributed by atoms with Gasteiger partial charge < -0.3 is 0 Å². The van der Waals surface area contributed by atoms with Gasteiger partial charge >= 0.3 is 0 Å². The minimum absolute atomic E-state index is 1.02. The smallest absolute Gasteiger partial charge is 0.00623 e. The normalized spacial score (nSPS) is 43.0. The maximum absolute atomic E-state index is 3.42. The Hall–Kier alpha value is 0.480. The van der Waals surface area contributed by atoms with E-state index in [1.165, 1.54) is 11.8 Å². The van der Waals surface area contributed by atoms with Crippen LogP contribution in [0.15, 0.2) is 0 Å². The fourth-order valence-electron chi connectivity index (χ4n) is 0.614. The molecule has 0 aliphatic heterocycles. The van der Waals surface area contributed by atoms with Crippen LogP contribution in [0.2, 0.25) is 0 Å². The lowest BCUT2D eigenvalue weighted by Crippen LogP contribution is -1.73. The molecule has 0 amide bonds. The zero-order valence-corrected chi connectivity index (χ0v) is 5.53. The highest BCUT2D eigenvalue weighted by Gasteiger charge is 2.30. The van der Waals surface area contributed by atoms with E-state index in [0.717, 1.165) is 11.8 Å². The quantitative estimate of drug-likeness (QED) is 0.500. The van der Waals surface area contributed by atoms with E-state index in [2.05, 4.69) is 22.9 Å². The fraction of sp³-hybridized carbons (Fsp3) is 1.00. The van der Waals surface area contributed by atoms with Gasteiger partial charge in [0.25, 0.3) is 0 Å². The molecule has 1 heteroatoms. The second kappa shape index (κ2) is 1.53. The minimum atomic E-state index is 1.02. The van der Waals surface area contributed by atoms with Crippen LogP contribution >= 0.6 is 15.9 Å². The molecule has 2 atom stereocenters. The van der Waals surface area contributed by atoms with Gasteiger partial charge in [0.2, 0.25) is 0 Å². The first-order valence-electron chi connectivity index (χ1n) is 2.40. The second-order valence-corrected chi connectivity index (χ2v) is 2.77. The molecular formula is C5H9Br. The molecule has 1 aliphatic rings. The van der Waals surface area contributed by atoms with Crippen LogP contribution in [-0.4, -0.2) is 5.33 Å². The van der Waals surface area contributed by atoms with Gasteiger partial charge in [0, 0.05) is 5.33 Å². The predicted molar refractivity (Wildman–Crippen MR) is 31.1 cm³/mol. The van der Waals surface area contributed by atoms with Gasteiger partial charge in [-0.15, -0.1) is 0 Å². The SMILES string of the molecule is CC1CC1CBr. The van der Waals surface area contributed by atoms with Gasteiger partial charge in [-0.2, -0.15) is 0 Å². The summed E-state index contributed by atoms with van der Waals surface area (Å²) in [6, 6.07) is 0. The Bertz CT molecular complexity index is 49.9. The molecule has 0 heterocycles. The Morgan fingerprint density at radius 2 is 2.33 bits per heavy atom. The molecule has 0 radical (unpaired) electrons. The van der Waals surface area contributed by atoms with Crippen molar-refractivity contribution in [2.45, 2.75) is 13.3 Å². The lowest BCUT2D eigenvalue weighted by Gasteiger charge is -1.77. The summed E-state index contributed by atoms with van der Waals surface area (Å²) >= 11 is 3.42. The molecule has 0 aromatic carbocycles. The molecule has 0 nitrogen and oxygen atoms in total. The Morgan fingerprint density at radius 3 is 2.33 bits per heavy atom.